The summed E-state index contributed by atoms with van der Waals surface area (Å²) >= 11 is 6.10. The number of hydrogen-bond acceptors (Lipinski definition) is 4. The number of rotatable bonds is 4. The van der Waals surface area contributed by atoms with Crippen LogP contribution in [0.3, 0.4) is 0 Å². The summed E-state index contributed by atoms with van der Waals surface area (Å²) in [7, 11) is 1.54. The van der Waals surface area contributed by atoms with Gasteiger partial charge in [0.2, 0.25) is 5.91 Å². The number of amides is 2. The highest BCUT2D eigenvalue weighted by atomic mass is 35.5. The van der Waals surface area contributed by atoms with Gasteiger partial charge in [0, 0.05) is 30.1 Å². The van der Waals surface area contributed by atoms with Crippen molar-refractivity contribution in [3.05, 3.63) is 46.9 Å². The molecule has 2 heterocycles. The molecule has 1 aliphatic rings. The van der Waals surface area contributed by atoms with Gasteiger partial charge in [-0.3, -0.25) is 9.59 Å². The van der Waals surface area contributed by atoms with E-state index in [0.717, 1.165) is 5.56 Å². The third-order valence-corrected chi connectivity index (χ3v) is 5.03. The van der Waals surface area contributed by atoms with E-state index in [2.05, 4.69) is 5.32 Å². The van der Waals surface area contributed by atoms with Crippen molar-refractivity contribution < 1.29 is 18.7 Å². The first-order chi connectivity index (χ1) is 12.5. The van der Waals surface area contributed by atoms with E-state index in [4.69, 9.17) is 20.8 Å². The Balaban J connectivity index is 1.61. The quantitative estimate of drug-likeness (QED) is 0.882. The molecule has 0 bridgehead atoms. The van der Waals surface area contributed by atoms with Crippen molar-refractivity contribution in [2.24, 2.45) is 5.92 Å². The molecule has 1 aromatic carbocycles. The molecule has 2 amide bonds. The molecule has 1 aliphatic heterocycles. The molecule has 0 aliphatic carbocycles. The smallest absolute Gasteiger partial charge is 0.289 e. The molecule has 0 radical (unpaired) electrons. The minimum absolute atomic E-state index is 0.0740. The number of piperidine rings is 1. The zero-order valence-electron chi connectivity index (χ0n) is 14.8. The lowest BCUT2D eigenvalue weighted by atomic mass is 9.95. The summed E-state index contributed by atoms with van der Waals surface area (Å²) in [5, 5.41) is 3.51. The van der Waals surface area contributed by atoms with Gasteiger partial charge in [-0.25, -0.2) is 0 Å². The van der Waals surface area contributed by atoms with Crippen LogP contribution in [0.25, 0.3) is 0 Å². The van der Waals surface area contributed by atoms with Crippen molar-refractivity contribution in [2.75, 3.05) is 25.5 Å². The minimum Gasteiger partial charge on any atom is -0.495 e. The predicted octanol–water partition coefficient (Wildman–Crippen LogP) is 3.74. The molecule has 2 aromatic rings. The Morgan fingerprint density at radius 1 is 1.31 bits per heavy atom. The number of ether oxygens (including phenoxy) is 1. The van der Waals surface area contributed by atoms with Gasteiger partial charge in [0.05, 0.1) is 19.1 Å². The van der Waals surface area contributed by atoms with Crippen molar-refractivity contribution in [2.45, 2.75) is 19.8 Å². The molecule has 1 saturated heterocycles. The van der Waals surface area contributed by atoms with Crippen molar-refractivity contribution >= 4 is 29.1 Å². The molecular weight excluding hydrogens is 356 g/mol. The van der Waals surface area contributed by atoms with Gasteiger partial charge in [0.25, 0.3) is 5.91 Å². The number of nitrogens with zero attached hydrogens (tertiary/aromatic N) is 1. The maximum atomic E-state index is 12.6. The van der Waals surface area contributed by atoms with Gasteiger partial charge in [-0.1, -0.05) is 11.6 Å². The Morgan fingerprint density at radius 2 is 2.04 bits per heavy atom. The maximum Gasteiger partial charge on any atom is 0.289 e. The number of carbonyl (C=O) groups excluding carboxylic acids is 2. The number of likely N-dealkylation sites (tertiary alicyclic amines) is 1. The molecule has 1 fully saturated rings. The normalized spacial score (nSPS) is 15.0. The fourth-order valence-electron chi connectivity index (χ4n) is 3.07. The fraction of sp³-hybridized carbons (Fsp3) is 0.368. The zero-order chi connectivity index (χ0) is 18.7. The highest BCUT2D eigenvalue weighted by Gasteiger charge is 2.29. The first-order valence-electron chi connectivity index (χ1n) is 8.47. The van der Waals surface area contributed by atoms with Crippen LogP contribution in [0.5, 0.6) is 5.75 Å². The van der Waals surface area contributed by atoms with Crippen LogP contribution in [0.4, 0.5) is 5.69 Å². The summed E-state index contributed by atoms with van der Waals surface area (Å²) < 4.78 is 10.4. The number of benzene rings is 1. The predicted molar refractivity (Wildman–Crippen MR) is 98.7 cm³/mol. The van der Waals surface area contributed by atoms with Crippen molar-refractivity contribution in [3.8, 4) is 5.75 Å². The van der Waals surface area contributed by atoms with E-state index < -0.39 is 0 Å². The second-order valence-corrected chi connectivity index (χ2v) is 6.74. The van der Waals surface area contributed by atoms with E-state index >= 15 is 0 Å². The topological polar surface area (TPSA) is 71.8 Å². The maximum absolute atomic E-state index is 12.6. The number of nitrogens with one attached hydrogen (secondary N) is 1. The van der Waals surface area contributed by atoms with E-state index in [-0.39, 0.29) is 17.7 Å². The van der Waals surface area contributed by atoms with Gasteiger partial charge >= 0.3 is 0 Å². The van der Waals surface area contributed by atoms with Gasteiger partial charge in [-0.2, -0.15) is 0 Å². The molecule has 6 nitrogen and oxygen atoms in total. The number of aryl methyl sites for hydroxylation is 1. The molecule has 0 unspecified atom stereocenters. The summed E-state index contributed by atoms with van der Waals surface area (Å²) in [6, 6.07) is 6.83. The van der Waals surface area contributed by atoms with Crippen LogP contribution in [0, 0.1) is 12.8 Å². The van der Waals surface area contributed by atoms with Crippen LogP contribution >= 0.6 is 11.6 Å². The van der Waals surface area contributed by atoms with Crippen molar-refractivity contribution in [1.29, 1.82) is 0 Å². The van der Waals surface area contributed by atoms with E-state index in [1.54, 1.807) is 29.2 Å². The average Bonchev–Trinajstić information content (AvgIpc) is 3.18. The van der Waals surface area contributed by atoms with Gasteiger partial charge in [-0.05, 0) is 43.5 Å². The number of methoxy groups -OCH3 is 1. The molecule has 26 heavy (non-hydrogen) atoms. The van der Waals surface area contributed by atoms with Crippen molar-refractivity contribution in [3.63, 3.8) is 0 Å². The van der Waals surface area contributed by atoms with Crippen LogP contribution in [0.15, 0.2) is 34.9 Å². The first kappa shape index (κ1) is 18.3. The molecular formula is C19H21ClN2O4. The molecule has 1 N–H and O–H groups in total. The Hall–Kier alpha value is -2.47. The van der Waals surface area contributed by atoms with Crippen LogP contribution in [-0.2, 0) is 4.79 Å². The number of furan rings is 1. The average molecular weight is 377 g/mol. The zero-order valence-corrected chi connectivity index (χ0v) is 15.5. The van der Waals surface area contributed by atoms with Gasteiger partial charge in [-0.15, -0.1) is 0 Å². The monoisotopic (exact) mass is 376 g/mol. The molecule has 1 aromatic heterocycles. The first-order valence-corrected chi connectivity index (χ1v) is 8.85. The number of anilines is 1. The van der Waals surface area contributed by atoms with Crippen LogP contribution < -0.4 is 10.1 Å². The second-order valence-electron chi connectivity index (χ2n) is 6.33. The van der Waals surface area contributed by atoms with Crippen LogP contribution in [-0.4, -0.2) is 36.9 Å². The fourth-order valence-corrected chi connectivity index (χ4v) is 3.22. The summed E-state index contributed by atoms with van der Waals surface area (Å²) in [4.78, 5) is 26.6. The molecule has 3 rings (SSSR count). The Morgan fingerprint density at radius 3 is 2.65 bits per heavy atom. The van der Waals surface area contributed by atoms with Gasteiger partial charge < -0.3 is 19.4 Å². The molecule has 7 heteroatoms. The van der Waals surface area contributed by atoms with Gasteiger partial charge in [0.15, 0.2) is 5.76 Å². The Labute approximate surface area is 157 Å². The summed E-state index contributed by atoms with van der Waals surface area (Å²) in [6.45, 7) is 2.92. The third-order valence-electron chi connectivity index (χ3n) is 4.62. The number of halogens is 1. The van der Waals surface area contributed by atoms with Crippen LogP contribution in [0.1, 0.15) is 29.0 Å². The molecule has 0 spiro atoms. The largest absolute Gasteiger partial charge is 0.495 e. The molecule has 138 valence electrons. The molecule has 0 saturated carbocycles. The SMILES string of the molecule is COc1cc(Cl)c(C)cc1NC(=O)C1CCN(C(=O)c2ccco2)CC1. The highest BCUT2D eigenvalue weighted by Crippen LogP contribution is 2.32. The van der Waals surface area contributed by atoms with Gasteiger partial charge in [0.1, 0.15) is 5.75 Å². The lowest BCUT2D eigenvalue weighted by Gasteiger charge is -2.30. The van der Waals surface area contributed by atoms with E-state index in [1.807, 2.05) is 6.92 Å². The lowest BCUT2D eigenvalue weighted by molar-refractivity contribution is -0.121. The van der Waals surface area contributed by atoms with Crippen LogP contribution in [0.2, 0.25) is 5.02 Å². The van der Waals surface area contributed by atoms with E-state index in [0.29, 0.717) is 48.2 Å². The number of carbonyl (C=O) groups is 2. The lowest BCUT2D eigenvalue weighted by Crippen LogP contribution is -2.41. The summed E-state index contributed by atoms with van der Waals surface area (Å²) in [5.74, 6) is 0.490. The minimum atomic E-state index is -0.156. The standard InChI is InChI=1S/C19H21ClN2O4/c1-12-10-15(17(25-2)11-14(12)20)21-18(23)13-5-7-22(8-6-13)19(24)16-4-3-9-26-16/h3-4,9-11,13H,5-8H2,1-2H3,(H,21,23). The Bertz CT molecular complexity index is 796. The highest BCUT2D eigenvalue weighted by molar-refractivity contribution is 6.31. The third kappa shape index (κ3) is 3.85. The van der Waals surface area contributed by atoms with Crippen molar-refractivity contribution in [1.82, 2.24) is 4.90 Å². The van der Waals surface area contributed by atoms with E-state index in [1.165, 1.54) is 13.4 Å². The molecule has 0 atom stereocenters. The number of hydrogen-bond donors (Lipinski definition) is 1. The summed E-state index contributed by atoms with van der Waals surface area (Å²) in [6.07, 6.45) is 2.69. The van der Waals surface area contributed by atoms with E-state index in [9.17, 15) is 9.59 Å². The Kier molecular flexibility index (Phi) is 5.52. The second kappa shape index (κ2) is 7.83. The summed E-state index contributed by atoms with van der Waals surface area (Å²) in [5.41, 5.74) is 1.47.